The number of nitrogens with one attached hydrogen (secondary N) is 1. The molecule has 0 aromatic carbocycles. The van der Waals surface area contributed by atoms with Crippen molar-refractivity contribution in [1.82, 2.24) is 14.6 Å². The summed E-state index contributed by atoms with van der Waals surface area (Å²) in [6, 6.07) is 0. The van der Waals surface area contributed by atoms with Crippen LogP contribution in [0, 0.1) is 0 Å². The van der Waals surface area contributed by atoms with Crippen molar-refractivity contribution in [2.75, 3.05) is 12.8 Å². The predicted molar refractivity (Wildman–Crippen MR) is 92.0 cm³/mol. The summed E-state index contributed by atoms with van der Waals surface area (Å²) in [5, 5.41) is 1.10. The van der Waals surface area contributed by atoms with Gasteiger partial charge in [0, 0.05) is 29.8 Å². The maximum atomic E-state index is 12.3. The first kappa shape index (κ1) is 18.4. The standard InChI is InChI=1S/C15H25N3O3S2/c1-14(2,3)13-16-10-7-8-18(9-11(10)22-13)15(4,5)12(19)17-23(6,20)21/h7-9H2,1-6H3,(H,17,19). The molecule has 1 aliphatic rings. The van der Waals surface area contributed by atoms with Gasteiger partial charge in [0.05, 0.1) is 22.5 Å². The number of nitrogens with zero attached hydrogens (tertiary/aromatic N) is 2. The molecule has 0 radical (unpaired) electrons. The number of amides is 1. The molecule has 130 valence electrons. The highest BCUT2D eigenvalue weighted by Crippen LogP contribution is 2.34. The molecule has 8 heteroatoms. The van der Waals surface area contributed by atoms with Crippen LogP contribution < -0.4 is 4.72 Å². The average Bonchev–Trinajstić information content (AvgIpc) is 2.79. The van der Waals surface area contributed by atoms with Crippen LogP contribution in [-0.2, 0) is 33.2 Å². The Labute approximate surface area is 142 Å². The Morgan fingerprint density at radius 1 is 1.26 bits per heavy atom. The first-order valence-corrected chi connectivity index (χ1v) is 10.3. The molecule has 0 bridgehead atoms. The van der Waals surface area contributed by atoms with E-state index in [0.717, 1.165) is 23.4 Å². The van der Waals surface area contributed by atoms with Gasteiger partial charge in [-0.2, -0.15) is 0 Å². The maximum Gasteiger partial charge on any atom is 0.253 e. The van der Waals surface area contributed by atoms with Crippen LogP contribution in [0.5, 0.6) is 0 Å². The minimum Gasteiger partial charge on any atom is -0.284 e. The summed E-state index contributed by atoms with van der Waals surface area (Å²) in [6.45, 7) is 11.2. The maximum absolute atomic E-state index is 12.3. The van der Waals surface area contributed by atoms with Gasteiger partial charge in [-0.3, -0.25) is 14.4 Å². The van der Waals surface area contributed by atoms with Gasteiger partial charge in [0.15, 0.2) is 0 Å². The number of carbonyl (C=O) groups is 1. The molecule has 23 heavy (non-hydrogen) atoms. The second-order valence-corrected chi connectivity index (χ2v) is 10.4. The molecule has 0 atom stereocenters. The Morgan fingerprint density at radius 2 is 1.87 bits per heavy atom. The van der Waals surface area contributed by atoms with Crippen LogP contribution in [-0.4, -0.2) is 42.5 Å². The van der Waals surface area contributed by atoms with E-state index in [1.54, 1.807) is 25.2 Å². The average molecular weight is 360 g/mol. The lowest BCUT2D eigenvalue weighted by Gasteiger charge is -2.38. The number of thiazole rings is 1. The van der Waals surface area contributed by atoms with E-state index in [0.29, 0.717) is 13.1 Å². The van der Waals surface area contributed by atoms with Crippen molar-refractivity contribution >= 4 is 27.3 Å². The summed E-state index contributed by atoms with van der Waals surface area (Å²) < 4.78 is 24.7. The molecule has 2 heterocycles. The van der Waals surface area contributed by atoms with Gasteiger partial charge in [-0.25, -0.2) is 13.4 Å². The van der Waals surface area contributed by atoms with Crippen molar-refractivity contribution < 1.29 is 13.2 Å². The fourth-order valence-electron chi connectivity index (χ4n) is 2.43. The Bertz CT molecular complexity index is 715. The van der Waals surface area contributed by atoms with Crippen LogP contribution in [0.25, 0.3) is 0 Å². The summed E-state index contributed by atoms with van der Waals surface area (Å²) in [7, 11) is -3.56. The quantitative estimate of drug-likeness (QED) is 0.888. The monoisotopic (exact) mass is 359 g/mol. The number of hydrogen-bond acceptors (Lipinski definition) is 6. The molecule has 0 aliphatic carbocycles. The van der Waals surface area contributed by atoms with Gasteiger partial charge in [0.1, 0.15) is 0 Å². The first-order valence-electron chi connectivity index (χ1n) is 7.57. The van der Waals surface area contributed by atoms with E-state index in [1.807, 2.05) is 4.90 Å². The zero-order valence-corrected chi connectivity index (χ0v) is 16.2. The van der Waals surface area contributed by atoms with Gasteiger partial charge in [-0.1, -0.05) is 20.8 Å². The van der Waals surface area contributed by atoms with E-state index in [4.69, 9.17) is 4.98 Å². The van der Waals surface area contributed by atoms with E-state index in [1.165, 1.54) is 4.88 Å². The third kappa shape index (κ3) is 4.10. The van der Waals surface area contributed by atoms with E-state index < -0.39 is 21.5 Å². The van der Waals surface area contributed by atoms with E-state index in [9.17, 15) is 13.2 Å². The zero-order chi connectivity index (χ0) is 17.6. The van der Waals surface area contributed by atoms with Crippen molar-refractivity contribution in [2.24, 2.45) is 0 Å². The van der Waals surface area contributed by atoms with Crippen molar-refractivity contribution in [3.8, 4) is 0 Å². The fourth-order valence-corrected chi connectivity index (χ4v) is 4.20. The SMILES string of the molecule is CC(C)(C)c1nc2c(s1)CN(C(C)(C)C(=O)NS(C)(=O)=O)CC2. The third-order valence-corrected chi connectivity index (χ3v) is 6.06. The lowest BCUT2D eigenvalue weighted by Crippen LogP contribution is -2.56. The molecule has 0 saturated carbocycles. The van der Waals surface area contributed by atoms with Gasteiger partial charge >= 0.3 is 0 Å². The van der Waals surface area contributed by atoms with Gasteiger partial charge in [0.2, 0.25) is 10.0 Å². The number of carbonyl (C=O) groups excluding carboxylic acids is 1. The van der Waals surface area contributed by atoms with Crippen molar-refractivity contribution in [3.05, 3.63) is 15.6 Å². The van der Waals surface area contributed by atoms with Crippen LogP contribution in [0.4, 0.5) is 0 Å². The van der Waals surface area contributed by atoms with Crippen LogP contribution in [0.2, 0.25) is 0 Å². The topological polar surface area (TPSA) is 79.4 Å². The highest BCUT2D eigenvalue weighted by Gasteiger charge is 2.38. The number of hydrogen-bond donors (Lipinski definition) is 1. The van der Waals surface area contributed by atoms with Crippen molar-refractivity contribution in [2.45, 2.75) is 58.5 Å². The summed E-state index contributed by atoms with van der Waals surface area (Å²) in [5.74, 6) is -0.496. The van der Waals surface area contributed by atoms with Gasteiger partial charge in [-0.15, -0.1) is 11.3 Å². The molecular weight excluding hydrogens is 334 g/mol. The smallest absolute Gasteiger partial charge is 0.253 e. The molecule has 1 aromatic rings. The Morgan fingerprint density at radius 3 is 2.39 bits per heavy atom. The molecule has 1 aromatic heterocycles. The Hall–Kier alpha value is -0.990. The number of sulfonamides is 1. The highest BCUT2D eigenvalue weighted by molar-refractivity contribution is 7.89. The first-order chi connectivity index (χ1) is 10.3. The molecule has 0 fully saturated rings. The molecule has 1 amide bonds. The molecule has 1 aliphatic heterocycles. The normalized spacial score (nSPS) is 17.0. The third-order valence-electron chi connectivity index (χ3n) is 4.00. The van der Waals surface area contributed by atoms with E-state index >= 15 is 0 Å². The molecule has 6 nitrogen and oxygen atoms in total. The predicted octanol–water partition coefficient (Wildman–Crippen LogP) is 1.65. The van der Waals surface area contributed by atoms with E-state index in [-0.39, 0.29) is 5.41 Å². The summed E-state index contributed by atoms with van der Waals surface area (Å²) in [4.78, 5) is 20.2. The molecule has 1 N–H and O–H groups in total. The Balaban J connectivity index is 2.21. The summed E-state index contributed by atoms with van der Waals surface area (Å²) >= 11 is 1.68. The van der Waals surface area contributed by atoms with Crippen molar-refractivity contribution in [1.29, 1.82) is 0 Å². The number of fused-ring (bicyclic) bond motifs is 1. The van der Waals surface area contributed by atoms with Crippen LogP contribution in [0.15, 0.2) is 0 Å². The molecular formula is C15H25N3O3S2. The fraction of sp³-hybridized carbons (Fsp3) is 0.733. The minimum atomic E-state index is -3.56. The second kappa shape index (κ2) is 5.82. The molecule has 0 unspecified atom stereocenters. The number of aromatic nitrogens is 1. The highest BCUT2D eigenvalue weighted by atomic mass is 32.2. The number of rotatable bonds is 3. The lowest BCUT2D eigenvalue weighted by atomic mass is 9.97. The molecule has 0 saturated heterocycles. The van der Waals surface area contributed by atoms with Gasteiger partial charge < -0.3 is 0 Å². The zero-order valence-electron chi connectivity index (χ0n) is 14.6. The van der Waals surface area contributed by atoms with Crippen LogP contribution in [0.1, 0.15) is 50.2 Å². The minimum absolute atomic E-state index is 0.00994. The lowest BCUT2D eigenvalue weighted by molar-refractivity contribution is -0.130. The van der Waals surface area contributed by atoms with Gasteiger partial charge in [-0.05, 0) is 13.8 Å². The summed E-state index contributed by atoms with van der Waals surface area (Å²) in [5.41, 5.74) is 0.221. The molecule has 2 rings (SSSR count). The van der Waals surface area contributed by atoms with Crippen LogP contribution >= 0.6 is 11.3 Å². The van der Waals surface area contributed by atoms with E-state index in [2.05, 4.69) is 25.5 Å². The van der Waals surface area contributed by atoms with Crippen molar-refractivity contribution in [3.63, 3.8) is 0 Å². The second-order valence-electron chi connectivity index (χ2n) is 7.57. The van der Waals surface area contributed by atoms with Gasteiger partial charge in [0.25, 0.3) is 5.91 Å². The summed E-state index contributed by atoms with van der Waals surface area (Å²) in [6.07, 6.45) is 1.77. The molecule has 0 spiro atoms. The Kier molecular flexibility index (Phi) is 4.65. The van der Waals surface area contributed by atoms with Crippen LogP contribution in [0.3, 0.4) is 0 Å². The largest absolute Gasteiger partial charge is 0.284 e.